The molecular weight excluding hydrogens is 130 g/mol. The lowest BCUT2D eigenvalue weighted by molar-refractivity contribution is 1.18. The molecule has 0 radical (unpaired) electrons. The first-order chi connectivity index (χ1) is 3.68. The molecule has 0 aromatic heterocycles. The van der Waals surface area contributed by atoms with Crippen LogP contribution in [0, 0.1) is 0 Å². The van der Waals surface area contributed by atoms with E-state index in [1.165, 1.54) is 22.5 Å². The zero-order valence-electron chi connectivity index (χ0n) is 6.41. The second-order valence-corrected chi connectivity index (χ2v) is 9.05. The molecule has 50 valence electrons. The van der Waals surface area contributed by atoms with Gasteiger partial charge in [-0.25, -0.2) is 0 Å². The van der Waals surface area contributed by atoms with Crippen molar-refractivity contribution in [1.82, 2.24) is 4.65 Å². The Kier molecular flexibility index (Phi) is 3.59. The molecule has 0 aromatic rings. The van der Waals surface area contributed by atoms with E-state index in [1.54, 1.807) is 0 Å². The molecule has 0 bridgehead atoms. The van der Waals surface area contributed by atoms with Gasteiger partial charge in [-0.1, -0.05) is 20.4 Å². The van der Waals surface area contributed by atoms with Crippen LogP contribution in [0.1, 0.15) is 13.8 Å². The largest absolute Gasteiger partial charge is 0.367 e. The molecule has 0 saturated heterocycles. The molecule has 3 heteroatoms. The summed E-state index contributed by atoms with van der Waals surface area (Å²) in [5.41, 5.74) is 0. The SMILES string of the molecule is CC[Si](C)(CC)N[SiH3]. The van der Waals surface area contributed by atoms with Crippen LogP contribution in [0.15, 0.2) is 0 Å². The van der Waals surface area contributed by atoms with Crippen LogP contribution in [0.2, 0.25) is 18.6 Å². The van der Waals surface area contributed by atoms with Crippen molar-refractivity contribution < 1.29 is 0 Å². The maximum atomic E-state index is 3.56. The number of hydrogen-bond donors (Lipinski definition) is 1. The predicted octanol–water partition coefficient (Wildman–Crippen LogP) is 0.471. The lowest BCUT2D eigenvalue weighted by Gasteiger charge is -2.22. The normalized spacial score (nSPS) is 12.4. The van der Waals surface area contributed by atoms with E-state index in [4.69, 9.17) is 0 Å². The standard InChI is InChI=1S/C5H17NSi2/c1-4-8(3,5-2)6-7/h6H,4-5H2,1-3,7H3. The quantitative estimate of drug-likeness (QED) is 0.572. The fourth-order valence-corrected chi connectivity index (χ4v) is 3.93. The Balaban J connectivity index is 3.58. The Hall–Kier alpha value is 0.394. The third-order valence-electron chi connectivity index (χ3n) is 2.16. The van der Waals surface area contributed by atoms with E-state index >= 15 is 0 Å². The summed E-state index contributed by atoms with van der Waals surface area (Å²) < 4.78 is 3.56. The highest BCUT2D eigenvalue weighted by molar-refractivity contribution is 6.79. The van der Waals surface area contributed by atoms with Gasteiger partial charge in [0.2, 0.25) is 0 Å². The highest BCUT2D eigenvalue weighted by Crippen LogP contribution is 2.08. The minimum Gasteiger partial charge on any atom is -0.367 e. The molecule has 0 fully saturated rings. The molecule has 8 heavy (non-hydrogen) atoms. The molecular formula is C5H17NSi2. The van der Waals surface area contributed by atoms with Gasteiger partial charge in [0.05, 0.1) is 10.4 Å². The van der Waals surface area contributed by atoms with Crippen molar-refractivity contribution in [3.63, 3.8) is 0 Å². The van der Waals surface area contributed by atoms with Gasteiger partial charge < -0.3 is 4.65 Å². The van der Waals surface area contributed by atoms with E-state index in [-0.39, 0.29) is 0 Å². The third kappa shape index (κ3) is 2.11. The van der Waals surface area contributed by atoms with Crippen molar-refractivity contribution >= 4 is 18.6 Å². The van der Waals surface area contributed by atoms with E-state index in [9.17, 15) is 0 Å². The summed E-state index contributed by atoms with van der Waals surface area (Å²) in [7, 11) is 0.318. The minimum absolute atomic E-state index is 0.860. The molecule has 0 aliphatic carbocycles. The van der Waals surface area contributed by atoms with Gasteiger partial charge >= 0.3 is 0 Å². The molecule has 1 nitrogen and oxygen atoms in total. The first kappa shape index (κ1) is 8.39. The average molecular weight is 147 g/mol. The minimum atomic E-state index is -0.860. The van der Waals surface area contributed by atoms with Gasteiger partial charge in [0, 0.05) is 0 Å². The van der Waals surface area contributed by atoms with Crippen molar-refractivity contribution in [1.29, 1.82) is 0 Å². The first-order valence-corrected chi connectivity index (χ1v) is 7.29. The van der Waals surface area contributed by atoms with Crippen LogP contribution in [0.3, 0.4) is 0 Å². The van der Waals surface area contributed by atoms with Gasteiger partial charge in [-0.2, -0.15) is 0 Å². The van der Waals surface area contributed by atoms with E-state index in [1.807, 2.05) is 0 Å². The molecule has 0 rings (SSSR count). The zero-order chi connectivity index (χ0) is 6.62. The number of rotatable bonds is 3. The topological polar surface area (TPSA) is 12.0 Å². The smallest absolute Gasteiger partial charge is 0.114 e. The lowest BCUT2D eigenvalue weighted by atomic mass is 10.9. The monoisotopic (exact) mass is 147 g/mol. The van der Waals surface area contributed by atoms with Crippen LogP contribution in [-0.2, 0) is 0 Å². The third-order valence-corrected chi connectivity index (χ3v) is 10.1. The van der Waals surface area contributed by atoms with Crippen molar-refractivity contribution in [3.8, 4) is 0 Å². The number of nitrogens with one attached hydrogen (secondary N) is 1. The highest BCUT2D eigenvalue weighted by Gasteiger charge is 2.18. The van der Waals surface area contributed by atoms with Crippen LogP contribution in [-0.4, -0.2) is 18.6 Å². The predicted molar refractivity (Wildman–Crippen MR) is 45.7 cm³/mol. The van der Waals surface area contributed by atoms with E-state index in [0.29, 0.717) is 0 Å². The summed E-state index contributed by atoms with van der Waals surface area (Å²) in [4.78, 5) is 0. The van der Waals surface area contributed by atoms with Gasteiger partial charge in [0.1, 0.15) is 8.24 Å². The summed E-state index contributed by atoms with van der Waals surface area (Å²) in [6.07, 6.45) is 0. The van der Waals surface area contributed by atoms with Crippen LogP contribution in [0.5, 0.6) is 0 Å². The summed E-state index contributed by atoms with van der Waals surface area (Å²) in [6.45, 7) is 7.00. The molecule has 1 N–H and O–H groups in total. The van der Waals surface area contributed by atoms with Crippen molar-refractivity contribution in [2.45, 2.75) is 32.5 Å². The summed E-state index contributed by atoms with van der Waals surface area (Å²) in [5, 5.41) is 0. The Morgan fingerprint density at radius 3 is 1.75 bits per heavy atom. The van der Waals surface area contributed by atoms with Crippen LogP contribution < -0.4 is 4.65 Å². The summed E-state index contributed by atoms with van der Waals surface area (Å²) in [6, 6.07) is 2.76. The fraction of sp³-hybridized carbons (Fsp3) is 1.00. The average Bonchev–Trinajstić information content (AvgIpc) is 1.87. The van der Waals surface area contributed by atoms with Crippen LogP contribution in [0.25, 0.3) is 0 Å². The van der Waals surface area contributed by atoms with Crippen molar-refractivity contribution in [2.75, 3.05) is 0 Å². The lowest BCUT2D eigenvalue weighted by Crippen LogP contribution is -2.44. The molecule has 0 spiro atoms. The fourth-order valence-electron chi connectivity index (χ4n) is 0.604. The Morgan fingerprint density at radius 2 is 1.75 bits per heavy atom. The molecule has 0 atom stereocenters. The molecule has 0 aromatic carbocycles. The maximum absolute atomic E-state index is 3.56. The molecule has 0 unspecified atom stereocenters. The van der Waals surface area contributed by atoms with Crippen LogP contribution >= 0.6 is 0 Å². The van der Waals surface area contributed by atoms with E-state index < -0.39 is 8.24 Å². The summed E-state index contributed by atoms with van der Waals surface area (Å²) >= 11 is 0. The van der Waals surface area contributed by atoms with Gasteiger partial charge in [-0.15, -0.1) is 0 Å². The number of hydrogen-bond acceptors (Lipinski definition) is 1. The molecule has 0 saturated carbocycles. The van der Waals surface area contributed by atoms with E-state index in [2.05, 4.69) is 25.0 Å². The van der Waals surface area contributed by atoms with Crippen molar-refractivity contribution in [2.24, 2.45) is 0 Å². The van der Waals surface area contributed by atoms with E-state index in [0.717, 1.165) is 0 Å². The second-order valence-electron chi connectivity index (χ2n) is 2.52. The van der Waals surface area contributed by atoms with Gasteiger partial charge in [-0.05, 0) is 12.1 Å². The second kappa shape index (κ2) is 3.43. The van der Waals surface area contributed by atoms with Gasteiger partial charge in [-0.3, -0.25) is 0 Å². The van der Waals surface area contributed by atoms with Gasteiger partial charge in [0.15, 0.2) is 0 Å². The van der Waals surface area contributed by atoms with Gasteiger partial charge in [0.25, 0.3) is 0 Å². The molecule has 0 aliphatic rings. The summed E-state index contributed by atoms with van der Waals surface area (Å²) in [5.74, 6) is 0. The first-order valence-electron chi connectivity index (χ1n) is 3.37. The Bertz CT molecular complexity index is 53.2. The molecule has 0 heterocycles. The molecule has 0 amide bonds. The zero-order valence-corrected chi connectivity index (χ0v) is 9.41. The molecule has 0 aliphatic heterocycles. The highest BCUT2D eigenvalue weighted by atomic mass is 28.4. The Labute approximate surface area is 56.5 Å². The van der Waals surface area contributed by atoms with Crippen LogP contribution in [0.4, 0.5) is 0 Å². The maximum Gasteiger partial charge on any atom is 0.114 e. The van der Waals surface area contributed by atoms with Crippen molar-refractivity contribution in [3.05, 3.63) is 0 Å². The Morgan fingerprint density at radius 1 is 1.38 bits per heavy atom.